The topological polar surface area (TPSA) is 67.4 Å². The minimum atomic E-state index is 0.0887. The quantitative estimate of drug-likeness (QED) is 0.523. The smallest absolute Gasteiger partial charge is 0.233 e. The molecule has 1 N–H and O–H groups in total. The second-order valence-electron chi connectivity index (χ2n) is 5.88. The molecule has 0 unspecified atom stereocenters. The van der Waals surface area contributed by atoms with Gasteiger partial charge in [-0.15, -0.1) is 10.2 Å². The van der Waals surface area contributed by atoms with Crippen LogP contribution in [0.1, 0.15) is 12.5 Å². The van der Waals surface area contributed by atoms with Gasteiger partial charge in [0.15, 0.2) is 4.34 Å². The molecule has 1 aromatic heterocycles. The number of carbonyl (C=O) groups is 1. The third kappa shape index (κ3) is 5.46. The summed E-state index contributed by atoms with van der Waals surface area (Å²) in [6.07, 6.45) is 0. The van der Waals surface area contributed by atoms with Crippen molar-refractivity contribution < 1.29 is 9.53 Å². The average Bonchev–Trinajstić information content (AvgIpc) is 3.18. The summed E-state index contributed by atoms with van der Waals surface area (Å²) >= 11 is 2.82. The number of nitrogens with zero attached hydrogens (tertiary/aromatic N) is 3. The fourth-order valence-electron chi connectivity index (χ4n) is 2.58. The highest BCUT2D eigenvalue weighted by atomic mass is 32.2. The van der Waals surface area contributed by atoms with Crippen molar-refractivity contribution in [2.45, 2.75) is 17.8 Å². The first-order valence-electron chi connectivity index (χ1n) is 8.87. The standard InChI is InChI=1S/C20H22N4O2S2/c1-3-24(13-15-9-5-4-6-10-15)18(25)14-27-20-23-22-19(28-20)21-16-11-7-8-12-17(16)26-2/h4-12H,3,13-14H2,1-2H3,(H,21,22). The van der Waals surface area contributed by atoms with Crippen LogP contribution in [-0.4, -0.2) is 40.4 Å². The predicted octanol–water partition coefficient (Wildman–Crippen LogP) is 4.43. The second kappa shape index (κ2) is 10.1. The van der Waals surface area contributed by atoms with Gasteiger partial charge < -0.3 is 15.0 Å². The highest BCUT2D eigenvalue weighted by Crippen LogP contribution is 2.31. The van der Waals surface area contributed by atoms with Gasteiger partial charge in [0.1, 0.15) is 5.75 Å². The van der Waals surface area contributed by atoms with Gasteiger partial charge in [-0.25, -0.2) is 0 Å². The van der Waals surface area contributed by atoms with E-state index in [1.54, 1.807) is 7.11 Å². The van der Waals surface area contributed by atoms with E-state index in [0.717, 1.165) is 21.3 Å². The minimum absolute atomic E-state index is 0.0887. The Balaban J connectivity index is 1.55. The first kappa shape index (κ1) is 20.2. The lowest BCUT2D eigenvalue weighted by Gasteiger charge is -2.20. The summed E-state index contributed by atoms with van der Waals surface area (Å²) in [5.74, 6) is 1.16. The molecule has 0 fully saturated rings. The first-order chi connectivity index (χ1) is 13.7. The molecule has 0 aliphatic heterocycles. The van der Waals surface area contributed by atoms with Gasteiger partial charge in [0.25, 0.3) is 0 Å². The summed E-state index contributed by atoms with van der Waals surface area (Å²) in [5.41, 5.74) is 1.95. The van der Waals surface area contributed by atoms with Crippen molar-refractivity contribution >= 4 is 39.8 Å². The highest BCUT2D eigenvalue weighted by Gasteiger charge is 2.15. The molecule has 0 aliphatic carbocycles. The van der Waals surface area contributed by atoms with E-state index in [9.17, 15) is 4.79 Å². The van der Waals surface area contributed by atoms with E-state index < -0.39 is 0 Å². The molecule has 2 aromatic carbocycles. The zero-order chi connectivity index (χ0) is 19.8. The zero-order valence-corrected chi connectivity index (χ0v) is 17.4. The van der Waals surface area contributed by atoms with Gasteiger partial charge in [-0.05, 0) is 24.6 Å². The summed E-state index contributed by atoms with van der Waals surface area (Å²) in [7, 11) is 1.63. The predicted molar refractivity (Wildman–Crippen MR) is 114 cm³/mol. The van der Waals surface area contributed by atoms with E-state index in [1.807, 2.05) is 66.4 Å². The maximum atomic E-state index is 12.6. The molecule has 0 bridgehead atoms. The number of carbonyl (C=O) groups excluding carboxylic acids is 1. The van der Waals surface area contributed by atoms with Crippen LogP contribution < -0.4 is 10.1 Å². The fourth-order valence-corrected chi connectivity index (χ4v) is 4.24. The number of benzene rings is 2. The van der Waals surface area contributed by atoms with E-state index >= 15 is 0 Å². The van der Waals surface area contributed by atoms with Gasteiger partial charge in [-0.2, -0.15) is 0 Å². The molecule has 3 rings (SSSR count). The number of methoxy groups -OCH3 is 1. The molecular formula is C20H22N4O2S2. The van der Waals surface area contributed by atoms with Crippen LogP contribution in [0, 0.1) is 0 Å². The lowest BCUT2D eigenvalue weighted by atomic mass is 10.2. The van der Waals surface area contributed by atoms with E-state index in [-0.39, 0.29) is 5.91 Å². The van der Waals surface area contributed by atoms with Gasteiger partial charge in [-0.3, -0.25) is 4.79 Å². The van der Waals surface area contributed by atoms with Crippen molar-refractivity contribution in [1.82, 2.24) is 15.1 Å². The molecule has 146 valence electrons. The van der Waals surface area contributed by atoms with Crippen LogP contribution in [-0.2, 0) is 11.3 Å². The van der Waals surface area contributed by atoms with Crippen molar-refractivity contribution in [2.24, 2.45) is 0 Å². The number of thioether (sulfide) groups is 1. The van der Waals surface area contributed by atoms with Gasteiger partial charge in [0, 0.05) is 13.1 Å². The molecule has 6 nitrogen and oxygen atoms in total. The summed E-state index contributed by atoms with van der Waals surface area (Å²) < 4.78 is 6.08. The number of nitrogens with one attached hydrogen (secondary N) is 1. The van der Waals surface area contributed by atoms with Gasteiger partial charge in [-0.1, -0.05) is 65.6 Å². The number of para-hydroxylation sites is 2. The Morgan fingerprint density at radius 2 is 1.89 bits per heavy atom. The molecule has 3 aromatic rings. The monoisotopic (exact) mass is 414 g/mol. The van der Waals surface area contributed by atoms with Crippen molar-refractivity contribution in [3.63, 3.8) is 0 Å². The van der Waals surface area contributed by atoms with E-state index in [4.69, 9.17) is 4.74 Å². The summed E-state index contributed by atoms with van der Waals surface area (Å²) in [6.45, 7) is 3.28. The number of hydrogen-bond acceptors (Lipinski definition) is 7. The number of hydrogen-bond donors (Lipinski definition) is 1. The summed E-state index contributed by atoms with van der Waals surface area (Å²) in [6, 6.07) is 17.6. The SMILES string of the molecule is CCN(Cc1ccccc1)C(=O)CSc1nnc(Nc2ccccc2OC)s1. The van der Waals surface area contributed by atoms with E-state index in [0.29, 0.717) is 24.0 Å². The third-order valence-corrected chi connectivity index (χ3v) is 5.98. The van der Waals surface area contributed by atoms with E-state index in [1.165, 1.54) is 23.1 Å². The third-order valence-electron chi connectivity index (χ3n) is 4.02. The average molecular weight is 415 g/mol. The van der Waals surface area contributed by atoms with Crippen LogP contribution >= 0.6 is 23.1 Å². The lowest BCUT2D eigenvalue weighted by Crippen LogP contribution is -2.31. The zero-order valence-electron chi connectivity index (χ0n) is 15.8. The van der Waals surface area contributed by atoms with Crippen LogP contribution in [0.3, 0.4) is 0 Å². The minimum Gasteiger partial charge on any atom is -0.495 e. The van der Waals surface area contributed by atoms with Crippen molar-refractivity contribution in [3.8, 4) is 5.75 Å². The Morgan fingerprint density at radius 1 is 1.14 bits per heavy atom. The molecular weight excluding hydrogens is 392 g/mol. The molecule has 1 heterocycles. The normalized spacial score (nSPS) is 10.5. The number of amides is 1. The molecule has 28 heavy (non-hydrogen) atoms. The van der Waals surface area contributed by atoms with Gasteiger partial charge in [0.2, 0.25) is 11.0 Å². The summed E-state index contributed by atoms with van der Waals surface area (Å²) in [5, 5.41) is 12.2. The second-order valence-corrected chi connectivity index (χ2v) is 8.08. The van der Waals surface area contributed by atoms with Gasteiger partial charge >= 0.3 is 0 Å². The van der Waals surface area contributed by atoms with Crippen LogP contribution in [0.2, 0.25) is 0 Å². The number of ether oxygens (including phenoxy) is 1. The molecule has 0 saturated heterocycles. The van der Waals surface area contributed by atoms with Crippen LogP contribution in [0.4, 0.5) is 10.8 Å². The van der Waals surface area contributed by atoms with Crippen molar-refractivity contribution in [2.75, 3.05) is 24.7 Å². The van der Waals surface area contributed by atoms with Crippen LogP contribution in [0.25, 0.3) is 0 Å². The molecule has 1 amide bonds. The molecule has 0 aliphatic rings. The molecule has 8 heteroatoms. The highest BCUT2D eigenvalue weighted by molar-refractivity contribution is 8.01. The first-order valence-corrected chi connectivity index (χ1v) is 10.7. The summed E-state index contributed by atoms with van der Waals surface area (Å²) in [4.78, 5) is 14.4. The Bertz CT molecular complexity index is 902. The van der Waals surface area contributed by atoms with Crippen molar-refractivity contribution in [1.29, 1.82) is 0 Å². The molecule has 0 spiro atoms. The van der Waals surface area contributed by atoms with Crippen LogP contribution in [0.15, 0.2) is 58.9 Å². The fraction of sp³-hybridized carbons (Fsp3) is 0.250. The maximum Gasteiger partial charge on any atom is 0.233 e. The number of anilines is 2. The van der Waals surface area contributed by atoms with Crippen molar-refractivity contribution in [3.05, 3.63) is 60.2 Å². The Labute approximate surface area is 172 Å². The number of aromatic nitrogens is 2. The Hall–Kier alpha value is -2.58. The van der Waals surface area contributed by atoms with E-state index in [2.05, 4.69) is 15.5 Å². The van der Waals surface area contributed by atoms with Crippen LogP contribution in [0.5, 0.6) is 5.75 Å². The molecule has 0 atom stereocenters. The molecule has 0 radical (unpaired) electrons. The Morgan fingerprint density at radius 3 is 2.64 bits per heavy atom. The number of rotatable bonds is 9. The van der Waals surface area contributed by atoms with Gasteiger partial charge in [0.05, 0.1) is 18.6 Å². The molecule has 0 saturated carbocycles. The Kier molecular flexibility index (Phi) is 7.27. The largest absolute Gasteiger partial charge is 0.495 e. The maximum absolute atomic E-state index is 12.6. The lowest BCUT2D eigenvalue weighted by molar-refractivity contribution is -0.128.